The van der Waals surface area contributed by atoms with Crippen LogP contribution >= 0.6 is 11.3 Å². The molecule has 0 saturated carbocycles. The molecule has 2 N–H and O–H groups in total. The van der Waals surface area contributed by atoms with Gasteiger partial charge < -0.3 is 15.1 Å². The number of piperidine rings is 1. The number of likely N-dealkylation sites (tertiary alicyclic amines) is 1. The second-order valence-electron chi connectivity index (χ2n) is 7.36. The number of rotatable bonds is 6. The normalized spacial score (nSPS) is 21.4. The molecule has 0 amide bonds. The number of hydrogen-bond donors (Lipinski definition) is 2. The smallest absolute Gasteiger partial charge is 0.191 e. The molecule has 0 aliphatic carbocycles. The number of aryl methyl sites for hydroxylation is 2. The molecule has 0 bridgehead atoms. The highest BCUT2D eigenvalue weighted by Gasteiger charge is 2.31. The fourth-order valence-electron chi connectivity index (χ4n) is 3.96. The molecule has 3 heterocycles. The number of thiophene rings is 1. The highest BCUT2D eigenvalue weighted by atomic mass is 32.1. The second kappa shape index (κ2) is 9.42. The molecule has 0 radical (unpaired) electrons. The Morgan fingerprint density at radius 2 is 2.22 bits per heavy atom. The topological polar surface area (TPSA) is 52.8 Å². The summed E-state index contributed by atoms with van der Waals surface area (Å²) in [6.07, 6.45) is 2.51. The van der Waals surface area contributed by atoms with Crippen molar-refractivity contribution in [2.24, 2.45) is 10.9 Å². The third-order valence-corrected chi connectivity index (χ3v) is 6.21. The van der Waals surface area contributed by atoms with Gasteiger partial charge in [0.2, 0.25) is 0 Å². The Labute approximate surface area is 166 Å². The first-order chi connectivity index (χ1) is 13.1. The molecule has 1 aliphatic heterocycles. The summed E-state index contributed by atoms with van der Waals surface area (Å²) >= 11 is 1.87. The molecular weight excluding hydrogens is 356 g/mol. The van der Waals surface area contributed by atoms with Crippen molar-refractivity contribution >= 4 is 17.3 Å². The minimum absolute atomic E-state index is 0.493. The largest absolute Gasteiger partial charge is 0.466 e. The lowest BCUT2D eigenvalue weighted by Gasteiger charge is -2.39. The molecule has 2 unspecified atom stereocenters. The van der Waals surface area contributed by atoms with Crippen LogP contribution in [0.2, 0.25) is 0 Å². The van der Waals surface area contributed by atoms with Gasteiger partial charge in [-0.1, -0.05) is 6.07 Å². The van der Waals surface area contributed by atoms with Crippen LogP contribution in [0.15, 0.2) is 33.0 Å². The van der Waals surface area contributed by atoms with E-state index in [4.69, 9.17) is 9.41 Å². The summed E-state index contributed by atoms with van der Waals surface area (Å²) < 4.78 is 5.61. The molecular formula is C21H32N4OS. The molecule has 1 fully saturated rings. The summed E-state index contributed by atoms with van der Waals surface area (Å²) in [5.74, 6) is 3.37. The minimum Gasteiger partial charge on any atom is -0.466 e. The van der Waals surface area contributed by atoms with Crippen LogP contribution in [0.5, 0.6) is 0 Å². The molecule has 2 atom stereocenters. The first kappa shape index (κ1) is 20.0. The van der Waals surface area contributed by atoms with E-state index in [0.29, 0.717) is 18.5 Å². The third-order valence-electron chi connectivity index (χ3n) is 5.27. The zero-order valence-corrected chi connectivity index (χ0v) is 17.7. The Hall–Kier alpha value is -1.79. The molecule has 5 nitrogen and oxygen atoms in total. The van der Waals surface area contributed by atoms with Crippen LogP contribution in [-0.4, -0.2) is 37.5 Å². The van der Waals surface area contributed by atoms with Crippen LogP contribution in [0.3, 0.4) is 0 Å². The summed E-state index contributed by atoms with van der Waals surface area (Å²) in [5.41, 5.74) is 1.15. The number of nitrogens with zero attached hydrogens (tertiary/aromatic N) is 2. The average molecular weight is 389 g/mol. The van der Waals surface area contributed by atoms with Crippen molar-refractivity contribution in [3.63, 3.8) is 0 Å². The number of guanidine groups is 1. The predicted molar refractivity (Wildman–Crippen MR) is 113 cm³/mol. The first-order valence-electron chi connectivity index (χ1n) is 9.90. The van der Waals surface area contributed by atoms with E-state index in [1.807, 2.05) is 25.2 Å². The molecule has 2 aromatic rings. The van der Waals surface area contributed by atoms with Crippen molar-refractivity contribution in [1.82, 2.24) is 15.5 Å². The van der Waals surface area contributed by atoms with E-state index >= 15 is 0 Å². The van der Waals surface area contributed by atoms with Crippen LogP contribution in [0.4, 0.5) is 0 Å². The van der Waals surface area contributed by atoms with Crippen molar-refractivity contribution in [3.05, 3.63) is 45.5 Å². The molecule has 6 heteroatoms. The maximum absolute atomic E-state index is 5.61. The van der Waals surface area contributed by atoms with Crippen molar-refractivity contribution in [1.29, 1.82) is 0 Å². The summed E-state index contributed by atoms with van der Waals surface area (Å²) in [4.78, 5) is 8.74. The molecule has 0 aromatic carbocycles. The number of hydrogen-bond acceptors (Lipinski definition) is 4. The van der Waals surface area contributed by atoms with E-state index < -0.39 is 0 Å². The summed E-state index contributed by atoms with van der Waals surface area (Å²) in [6, 6.07) is 7.00. The van der Waals surface area contributed by atoms with Gasteiger partial charge in [-0.05, 0) is 70.6 Å². The SMILES string of the molecule is CCNC(=NCc1cc(C)oc1C)NCC1CCCN(C)C1c1cccs1. The first-order valence-corrected chi connectivity index (χ1v) is 10.8. The third kappa shape index (κ3) is 5.14. The van der Waals surface area contributed by atoms with Gasteiger partial charge in [0.05, 0.1) is 6.54 Å². The van der Waals surface area contributed by atoms with E-state index in [1.54, 1.807) is 0 Å². The maximum atomic E-state index is 5.61. The van der Waals surface area contributed by atoms with E-state index in [2.05, 4.69) is 53.1 Å². The van der Waals surface area contributed by atoms with Gasteiger partial charge >= 0.3 is 0 Å². The molecule has 3 rings (SSSR count). The quantitative estimate of drug-likeness (QED) is 0.578. The number of nitrogens with one attached hydrogen (secondary N) is 2. The van der Waals surface area contributed by atoms with Crippen LogP contribution in [0.25, 0.3) is 0 Å². The average Bonchev–Trinajstić information content (AvgIpc) is 3.27. The Morgan fingerprint density at radius 3 is 2.89 bits per heavy atom. The number of furan rings is 1. The zero-order chi connectivity index (χ0) is 19.2. The van der Waals surface area contributed by atoms with Gasteiger partial charge in [-0.25, -0.2) is 4.99 Å². The van der Waals surface area contributed by atoms with Gasteiger partial charge in [0.15, 0.2) is 5.96 Å². The highest BCUT2D eigenvalue weighted by molar-refractivity contribution is 7.10. The molecule has 2 aromatic heterocycles. The lowest BCUT2D eigenvalue weighted by molar-refractivity contribution is 0.125. The van der Waals surface area contributed by atoms with Crippen molar-refractivity contribution in [2.75, 3.05) is 26.7 Å². The van der Waals surface area contributed by atoms with Crippen LogP contribution in [0, 0.1) is 19.8 Å². The van der Waals surface area contributed by atoms with Gasteiger partial charge in [-0.2, -0.15) is 0 Å². The fraction of sp³-hybridized carbons (Fsp3) is 0.571. The molecule has 148 valence electrons. The molecule has 1 aliphatic rings. The van der Waals surface area contributed by atoms with Crippen LogP contribution in [-0.2, 0) is 6.54 Å². The predicted octanol–water partition coefficient (Wildman–Crippen LogP) is 4.10. The van der Waals surface area contributed by atoms with Crippen molar-refractivity contribution in [3.8, 4) is 0 Å². The Morgan fingerprint density at radius 1 is 1.37 bits per heavy atom. The van der Waals surface area contributed by atoms with Gasteiger partial charge in [0.25, 0.3) is 0 Å². The van der Waals surface area contributed by atoms with Gasteiger partial charge in [0, 0.05) is 29.6 Å². The van der Waals surface area contributed by atoms with Crippen LogP contribution < -0.4 is 10.6 Å². The summed E-state index contributed by atoms with van der Waals surface area (Å²) in [7, 11) is 2.25. The zero-order valence-electron chi connectivity index (χ0n) is 16.9. The fourth-order valence-corrected chi connectivity index (χ4v) is 4.94. The van der Waals surface area contributed by atoms with Crippen molar-refractivity contribution < 1.29 is 4.42 Å². The number of aliphatic imine (C=N–C) groups is 1. The Balaban J connectivity index is 1.65. The lowest BCUT2D eigenvalue weighted by Crippen LogP contribution is -2.44. The van der Waals surface area contributed by atoms with E-state index in [-0.39, 0.29) is 0 Å². The standard InChI is InChI=1S/C21H32N4OS/c1-5-22-21(24-14-18-12-15(2)26-16(18)3)23-13-17-8-6-10-25(4)20(17)19-9-7-11-27-19/h7,9,11-12,17,20H,5-6,8,10,13-14H2,1-4H3,(H2,22,23,24). The minimum atomic E-state index is 0.493. The van der Waals surface area contributed by atoms with Gasteiger partial charge in [-0.3, -0.25) is 4.90 Å². The molecule has 0 spiro atoms. The highest BCUT2D eigenvalue weighted by Crippen LogP contribution is 2.36. The van der Waals surface area contributed by atoms with Crippen LogP contribution in [0.1, 0.15) is 47.8 Å². The van der Waals surface area contributed by atoms with E-state index in [0.717, 1.165) is 36.1 Å². The Bertz CT molecular complexity index is 737. The van der Waals surface area contributed by atoms with Crippen molar-refractivity contribution in [2.45, 2.75) is 46.2 Å². The summed E-state index contributed by atoms with van der Waals surface area (Å²) in [6.45, 7) is 9.68. The molecule has 1 saturated heterocycles. The Kier molecular flexibility index (Phi) is 6.96. The second-order valence-corrected chi connectivity index (χ2v) is 8.34. The van der Waals surface area contributed by atoms with Gasteiger partial charge in [0.1, 0.15) is 11.5 Å². The molecule has 27 heavy (non-hydrogen) atoms. The van der Waals surface area contributed by atoms with E-state index in [9.17, 15) is 0 Å². The van der Waals surface area contributed by atoms with E-state index in [1.165, 1.54) is 24.3 Å². The van der Waals surface area contributed by atoms with Gasteiger partial charge in [-0.15, -0.1) is 11.3 Å². The monoisotopic (exact) mass is 388 g/mol. The summed E-state index contributed by atoms with van der Waals surface area (Å²) in [5, 5.41) is 9.15. The lowest BCUT2D eigenvalue weighted by atomic mass is 9.88. The maximum Gasteiger partial charge on any atom is 0.191 e.